The van der Waals surface area contributed by atoms with Crippen molar-refractivity contribution in [1.82, 2.24) is 25.4 Å². The van der Waals surface area contributed by atoms with Crippen LogP contribution in [0.5, 0.6) is 0 Å². The molecule has 1 saturated carbocycles. The molecule has 0 radical (unpaired) electrons. The molecule has 3 aliphatic rings. The van der Waals surface area contributed by atoms with Gasteiger partial charge in [-0.05, 0) is 88.3 Å². The van der Waals surface area contributed by atoms with Crippen LogP contribution < -0.4 is 16.0 Å². The SMILES string of the molecule is Cc1cc2cc(NC(=NC3CCCCN(CC(=O)N4CCCC4)C3=O)NC(=O)c3ccc(C(=O)NC4CC4)nc3)ccc2o1. The molecular weight excluding hydrogens is 562 g/mol. The molecule has 2 aromatic heterocycles. The first kappa shape index (κ1) is 29.3. The van der Waals surface area contributed by atoms with Crippen molar-refractivity contribution >= 4 is 46.2 Å². The Labute approximate surface area is 255 Å². The summed E-state index contributed by atoms with van der Waals surface area (Å²) in [7, 11) is 0. The highest BCUT2D eigenvalue weighted by Gasteiger charge is 2.31. The molecule has 0 bridgehead atoms. The van der Waals surface area contributed by atoms with E-state index in [1.54, 1.807) is 11.0 Å². The third kappa shape index (κ3) is 7.07. The Hall–Kier alpha value is -4.74. The predicted octanol–water partition coefficient (Wildman–Crippen LogP) is 3.23. The summed E-state index contributed by atoms with van der Waals surface area (Å²) in [5.74, 6) is -0.187. The van der Waals surface area contributed by atoms with Gasteiger partial charge in [0.05, 0.1) is 12.1 Å². The summed E-state index contributed by atoms with van der Waals surface area (Å²) in [5, 5.41) is 9.73. The second kappa shape index (κ2) is 12.9. The first-order valence-corrected chi connectivity index (χ1v) is 15.3. The lowest BCUT2D eigenvalue weighted by Gasteiger charge is -2.25. The topological polar surface area (TPSA) is 149 Å². The van der Waals surface area contributed by atoms with Gasteiger partial charge in [-0.1, -0.05) is 0 Å². The number of benzene rings is 1. The van der Waals surface area contributed by atoms with E-state index >= 15 is 0 Å². The second-order valence-corrected chi connectivity index (χ2v) is 11.7. The van der Waals surface area contributed by atoms with E-state index in [4.69, 9.17) is 9.41 Å². The van der Waals surface area contributed by atoms with E-state index in [-0.39, 0.29) is 47.5 Å². The van der Waals surface area contributed by atoms with Crippen molar-refractivity contribution in [3.8, 4) is 0 Å². The number of guanidine groups is 1. The average Bonchev–Trinajstić information content (AvgIpc) is 3.54. The lowest BCUT2D eigenvalue weighted by Crippen LogP contribution is -2.45. The van der Waals surface area contributed by atoms with Crippen molar-refractivity contribution in [3.05, 3.63) is 59.6 Å². The summed E-state index contributed by atoms with van der Waals surface area (Å²) in [6, 6.07) is 9.87. The van der Waals surface area contributed by atoms with Crippen LogP contribution in [0.1, 0.15) is 71.6 Å². The van der Waals surface area contributed by atoms with E-state index in [9.17, 15) is 19.2 Å². The fourth-order valence-electron chi connectivity index (χ4n) is 5.56. The number of furan rings is 1. The number of fused-ring (bicyclic) bond motifs is 1. The lowest BCUT2D eigenvalue weighted by molar-refractivity contribution is -0.140. The van der Waals surface area contributed by atoms with Crippen LogP contribution >= 0.6 is 0 Å². The van der Waals surface area contributed by atoms with Gasteiger partial charge in [-0.25, -0.2) is 4.99 Å². The Kier molecular flexibility index (Phi) is 8.58. The van der Waals surface area contributed by atoms with Crippen LogP contribution in [0.3, 0.4) is 0 Å². The highest BCUT2D eigenvalue weighted by Crippen LogP contribution is 2.23. The Morgan fingerprint density at radius 3 is 2.52 bits per heavy atom. The minimum absolute atomic E-state index is 0.0306. The van der Waals surface area contributed by atoms with Gasteiger partial charge in [0.2, 0.25) is 17.8 Å². The Bertz CT molecular complexity index is 1590. The minimum Gasteiger partial charge on any atom is -0.461 e. The summed E-state index contributed by atoms with van der Waals surface area (Å²) in [6.07, 6.45) is 7.25. The first-order chi connectivity index (χ1) is 21.3. The standard InChI is InChI=1S/C32H37N7O5/c1-20-16-22-17-24(10-12-27(22)44-20)35-32(37-29(41)21-7-11-25(33-18-21)30(42)34-23-8-9-23)36-26-6-2-3-15-39(31(26)43)19-28(40)38-13-4-5-14-38/h7,10-12,16-18,23,26H,2-6,8-9,13-15,19H2,1H3,(H,34,42)(H2,35,36,37,41). The number of carbonyl (C=O) groups is 4. The monoisotopic (exact) mass is 599 g/mol. The minimum atomic E-state index is -0.779. The van der Waals surface area contributed by atoms with Gasteiger partial charge in [0.25, 0.3) is 11.8 Å². The van der Waals surface area contributed by atoms with Gasteiger partial charge >= 0.3 is 0 Å². The number of aryl methyl sites for hydroxylation is 1. The van der Waals surface area contributed by atoms with Crippen molar-refractivity contribution in [2.75, 3.05) is 31.5 Å². The molecule has 3 N–H and O–H groups in total. The van der Waals surface area contributed by atoms with Crippen molar-refractivity contribution in [2.24, 2.45) is 4.99 Å². The molecule has 2 aliphatic heterocycles. The van der Waals surface area contributed by atoms with Crippen LogP contribution in [-0.4, -0.2) is 82.6 Å². The molecule has 2 saturated heterocycles. The molecule has 12 heteroatoms. The molecule has 3 aromatic rings. The Morgan fingerprint density at radius 1 is 0.977 bits per heavy atom. The van der Waals surface area contributed by atoms with Gasteiger partial charge in [0, 0.05) is 42.9 Å². The fraction of sp³-hybridized carbons (Fsp3) is 0.438. The van der Waals surface area contributed by atoms with Crippen LogP contribution in [0.25, 0.3) is 11.0 Å². The maximum Gasteiger partial charge on any atom is 0.270 e. The first-order valence-electron chi connectivity index (χ1n) is 15.3. The molecule has 6 rings (SSSR count). The van der Waals surface area contributed by atoms with Crippen molar-refractivity contribution in [3.63, 3.8) is 0 Å². The highest BCUT2D eigenvalue weighted by atomic mass is 16.3. The number of likely N-dealkylation sites (tertiary alicyclic amines) is 2. The number of aliphatic imine (C=N–C) groups is 1. The van der Waals surface area contributed by atoms with Crippen LogP contribution in [0, 0.1) is 6.92 Å². The summed E-state index contributed by atoms with van der Waals surface area (Å²) in [6.45, 7) is 3.84. The fourth-order valence-corrected chi connectivity index (χ4v) is 5.56. The number of pyridine rings is 1. The number of rotatable bonds is 7. The Balaban J connectivity index is 1.22. The third-order valence-electron chi connectivity index (χ3n) is 8.13. The third-order valence-corrected chi connectivity index (χ3v) is 8.13. The molecule has 12 nitrogen and oxygen atoms in total. The smallest absolute Gasteiger partial charge is 0.270 e. The molecule has 4 amide bonds. The zero-order chi connectivity index (χ0) is 30.6. The van der Waals surface area contributed by atoms with Crippen molar-refractivity contribution < 1.29 is 23.6 Å². The van der Waals surface area contributed by atoms with Crippen molar-refractivity contribution in [2.45, 2.75) is 64.0 Å². The van der Waals surface area contributed by atoms with Crippen LogP contribution in [0.4, 0.5) is 5.69 Å². The molecule has 44 heavy (non-hydrogen) atoms. The van der Waals surface area contributed by atoms with E-state index in [1.807, 2.05) is 30.0 Å². The predicted molar refractivity (Wildman–Crippen MR) is 164 cm³/mol. The number of anilines is 1. The van der Waals surface area contributed by atoms with Crippen LogP contribution in [0.15, 0.2) is 52.0 Å². The zero-order valence-electron chi connectivity index (χ0n) is 24.8. The average molecular weight is 600 g/mol. The number of hydrogen-bond donors (Lipinski definition) is 3. The van der Waals surface area contributed by atoms with Crippen molar-refractivity contribution in [1.29, 1.82) is 0 Å². The van der Waals surface area contributed by atoms with E-state index in [1.165, 1.54) is 18.3 Å². The molecule has 1 unspecified atom stereocenters. The molecule has 3 fully saturated rings. The molecular formula is C32H37N7O5. The zero-order valence-corrected chi connectivity index (χ0v) is 24.8. The second-order valence-electron chi connectivity index (χ2n) is 11.7. The van der Waals surface area contributed by atoms with E-state index in [0.29, 0.717) is 18.7 Å². The largest absolute Gasteiger partial charge is 0.461 e. The van der Waals surface area contributed by atoms with E-state index in [0.717, 1.165) is 68.3 Å². The highest BCUT2D eigenvalue weighted by molar-refractivity contribution is 6.11. The number of carbonyl (C=O) groups excluding carboxylic acids is 4. The van der Waals surface area contributed by atoms with Gasteiger partial charge < -0.3 is 24.9 Å². The Morgan fingerprint density at radius 2 is 1.77 bits per heavy atom. The lowest BCUT2D eigenvalue weighted by atomic mass is 10.1. The van der Waals surface area contributed by atoms with E-state index in [2.05, 4.69) is 20.9 Å². The van der Waals surface area contributed by atoms with Crippen LogP contribution in [-0.2, 0) is 9.59 Å². The summed E-state index contributed by atoms with van der Waals surface area (Å²) in [5.41, 5.74) is 1.83. The quantitative estimate of drug-likeness (QED) is 0.279. The summed E-state index contributed by atoms with van der Waals surface area (Å²) >= 11 is 0. The maximum atomic E-state index is 13.6. The summed E-state index contributed by atoms with van der Waals surface area (Å²) in [4.78, 5) is 64.5. The van der Waals surface area contributed by atoms with E-state index < -0.39 is 11.9 Å². The maximum absolute atomic E-state index is 13.6. The van der Waals surface area contributed by atoms with Crippen LogP contribution in [0.2, 0.25) is 0 Å². The number of hydrogen-bond acceptors (Lipinski definition) is 7. The van der Waals surface area contributed by atoms with Gasteiger partial charge in [0.1, 0.15) is 23.1 Å². The van der Waals surface area contributed by atoms with Gasteiger partial charge in [-0.2, -0.15) is 0 Å². The molecule has 4 heterocycles. The number of nitrogens with one attached hydrogen (secondary N) is 3. The summed E-state index contributed by atoms with van der Waals surface area (Å²) < 4.78 is 5.69. The molecule has 0 spiro atoms. The normalized spacial score (nSPS) is 19.2. The molecule has 230 valence electrons. The number of aromatic nitrogens is 1. The molecule has 1 atom stereocenters. The number of amides is 4. The van der Waals surface area contributed by atoms with Gasteiger partial charge in [0.15, 0.2) is 0 Å². The molecule has 1 aromatic carbocycles. The number of nitrogens with zero attached hydrogens (tertiary/aromatic N) is 4. The van der Waals surface area contributed by atoms with Gasteiger partial charge in [-0.3, -0.25) is 29.5 Å². The van der Waals surface area contributed by atoms with Gasteiger partial charge in [-0.15, -0.1) is 0 Å². The molecule has 1 aliphatic carbocycles.